The summed E-state index contributed by atoms with van der Waals surface area (Å²) in [5, 5.41) is 3.43. The van der Waals surface area contributed by atoms with Crippen LogP contribution < -0.4 is 15.0 Å². The molecule has 1 amide bonds. The topological polar surface area (TPSA) is 54.5 Å². The number of halogens is 1. The lowest BCUT2D eigenvalue weighted by atomic mass is 10.2. The second-order valence-electron chi connectivity index (χ2n) is 5.70. The molecule has 0 unspecified atom stereocenters. The molecule has 0 radical (unpaired) electrons. The normalized spacial score (nSPS) is 13.8. The minimum absolute atomic E-state index is 0.183. The molecule has 2 heterocycles. The number of benzene rings is 1. The fourth-order valence-electron chi connectivity index (χ4n) is 2.83. The Bertz CT molecular complexity index is 713. The van der Waals surface area contributed by atoms with E-state index >= 15 is 0 Å². The molecule has 6 heteroatoms. The minimum atomic E-state index is -0.183. The highest BCUT2D eigenvalue weighted by atomic mass is 35.5. The van der Waals surface area contributed by atoms with Gasteiger partial charge in [-0.05, 0) is 37.1 Å². The number of amides is 1. The third-order valence-corrected chi connectivity index (χ3v) is 4.52. The van der Waals surface area contributed by atoms with Crippen LogP contribution in [0.1, 0.15) is 28.8 Å². The van der Waals surface area contributed by atoms with E-state index in [0.29, 0.717) is 22.9 Å². The summed E-state index contributed by atoms with van der Waals surface area (Å²) in [4.78, 5) is 18.9. The summed E-state index contributed by atoms with van der Waals surface area (Å²) in [6.45, 7) is 2.37. The van der Waals surface area contributed by atoms with Crippen molar-refractivity contribution in [3.8, 4) is 5.75 Å². The van der Waals surface area contributed by atoms with Gasteiger partial charge in [-0.1, -0.05) is 17.7 Å². The fourth-order valence-corrected chi connectivity index (χ4v) is 3.06. The molecular weight excluding hydrogens is 326 g/mol. The summed E-state index contributed by atoms with van der Waals surface area (Å²) in [5.41, 5.74) is 1.29. The highest BCUT2D eigenvalue weighted by molar-refractivity contribution is 6.31. The number of anilines is 1. The van der Waals surface area contributed by atoms with E-state index in [0.717, 1.165) is 24.5 Å². The Kier molecular flexibility index (Phi) is 5.20. The van der Waals surface area contributed by atoms with Crippen LogP contribution in [0.2, 0.25) is 5.02 Å². The molecule has 1 aliphatic heterocycles. The van der Waals surface area contributed by atoms with Gasteiger partial charge in [0, 0.05) is 36.4 Å². The molecule has 1 aromatic carbocycles. The third kappa shape index (κ3) is 3.62. The van der Waals surface area contributed by atoms with E-state index in [2.05, 4.69) is 15.2 Å². The van der Waals surface area contributed by atoms with Crippen molar-refractivity contribution < 1.29 is 9.53 Å². The number of nitrogens with zero attached hydrogens (tertiary/aromatic N) is 2. The molecule has 0 spiro atoms. The molecule has 24 heavy (non-hydrogen) atoms. The molecule has 5 nitrogen and oxygen atoms in total. The fraction of sp³-hybridized carbons (Fsp3) is 0.333. The Morgan fingerprint density at radius 1 is 1.29 bits per heavy atom. The SMILES string of the molecule is COc1cccc(Cl)c1CNC(=O)c1ccc(N2CCCC2)nc1. The Hall–Kier alpha value is -2.27. The maximum absolute atomic E-state index is 12.3. The molecule has 0 aliphatic carbocycles. The summed E-state index contributed by atoms with van der Waals surface area (Å²) in [6, 6.07) is 9.11. The first-order valence-corrected chi connectivity index (χ1v) is 8.37. The van der Waals surface area contributed by atoms with Crippen LogP contribution in [-0.4, -0.2) is 31.1 Å². The van der Waals surface area contributed by atoms with Crippen molar-refractivity contribution in [3.63, 3.8) is 0 Å². The van der Waals surface area contributed by atoms with E-state index in [4.69, 9.17) is 16.3 Å². The Labute approximate surface area is 146 Å². The third-order valence-electron chi connectivity index (χ3n) is 4.16. The average Bonchev–Trinajstić information content (AvgIpc) is 3.15. The maximum atomic E-state index is 12.3. The molecule has 0 saturated carbocycles. The number of carbonyl (C=O) groups is 1. The number of aromatic nitrogens is 1. The molecule has 1 aromatic heterocycles. The highest BCUT2D eigenvalue weighted by Crippen LogP contribution is 2.26. The molecule has 126 valence electrons. The molecule has 0 bridgehead atoms. The summed E-state index contributed by atoms with van der Waals surface area (Å²) < 4.78 is 5.28. The van der Waals surface area contributed by atoms with Crippen molar-refractivity contribution in [1.29, 1.82) is 0 Å². The number of hydrogen-bond acceptors (Lipinski definition) is 4. The lowest BCUT2D eigenvalue weighted by molar-refractivity contribution is 0.0950. The number of nitrogens with one attached hydrogen (secondary N) is 1. The van der Waals surface area contributed by atoms with Gasteiger partial charge in [-0.25, -0.2) is 4.98 Å². The summed E-state index contributed by atoms with van der Waals surface area (Å²) in [5.74, 6) is 1.40. The van der Waals surface area contributed by atoms with E-state index in [1.165, 1.54) is 12.8 Å². The predicted octanol–water partition coefficient (Wildman–Crippen LogP) is 3.27. The number of methoxy groups -OCH3 is 1. The minimum Gasteiger partial charge on any atom is -0.496 e. The smallest absolute Gasteiger partial charge is 0.253 e. The van der Waals surface area contributed by atoms with Crippen LogP contribution in [0, 0.1) is 0 Å². The van der Waals surface area contributed by atoms with Crippen LogP contribution >= 0.6 is 11.6 Å². The molecule has 0 atom stereocenters. The molecule has 1 fully saturated rings. The molecule has 3 rings (SSSR count). The van der Waals surface area contributed by atoms with Gasteiger partial charge in [-0.15, -0.1) is 0 Å². The van der Waals surface area contributed by atoms with Gasteiger partial charge in [-0.3, -0.25) is 4.79 Å². The first-order valence-electron chi connectivity index (χ1n) is 7.99. The van der Waals surface area contributed by atoms with Crippen LogP contribution in [0.3, 0.4) is 0 Å². The number of pyridine rings is 1. The number of carbonyl (C=O) groups excluding carboxylic acids is 1. The quantitative estimate of drug-likeness (QED) is 0.903. The second kappa shape index (κ2) is 7.53. The van der Waals surface area contributed by atoms with Crippen molar-refractivity contribution in [1.82, 2.24) is 10.3 Å². The molecule has 2 aromatic rings. The second-order valence-corrected chi connectivity index (χ2v) is 6.11. The van der Waals surface area contributed by atoms with Crippen molar-refractivity contribution >= 4 is 23.3 Å². The molecule has 1 saturated heterocycles. The average molecular weight is 346 g/mol. The Morgan fingerprint density at radius 2 is 2.08 bits per heavy atom. The van der Waals surface area contributed by atoms with Crippen LogP contribution in [0.4, 0.5) is 5.82 Å². The van der Waals surface area contributed by atoms with Gasteiger partial charge < -0.3 is 15.0 Å². The Morgan fingerprint density at radius 3 is 2.75 bits per heavy atom. The number of rotatable bonds is 5. The zero-order chi connectivity index (χ0) is 16.9. The monoisotopic (exact) mass is 345 g/mol. The lowest BCUT2D eigenvalue weighted by Gasteiger charge is -2.16. The van der Waals surface area contributed by atoms with Gasteiger partial charge in [-0.2, -0.15) is 0 Å². The van der Waals surface area contributed by atoms with Gasteiger partial charge >= 0.3 is 0 Å². The zero-order valence-electron chi connectivity index (χ0n) is 13.6. The predicted molar refractivity (Wildman–Crippen MR) is 94.9 cm³/mol. The van der Waals surface area contributed by atoms with Gasteiger partial charge in [0.25, 0.3) is 5.91 Å². The summed E-state index contributed by atoms with van der Waals surface area (Å²) >= 11 is 6.18. The highest BCUT2D eigenvalue weighted by Gasteiger charge is 2.15. The van der Waals surface area contributed by atoms with Crippen molar-refractivity contribution in [2.24, 2.45) is 0 Å². The van der Waals surface area contributed by atoms with Gasteiger partial charge in [0.05, 0.1) is 12.7 Å². The van der Waals surface area contributed by atoms with Crippen molar-refractivity contribution in [3.05, 3.63) is 52.7 Å². The van der Waals surface area contributed by atoms with Gasteiger partial charge in [0.1, 0.15) is 11.6 Å². The van der Waals surface area contributed by atoms with Crippen LogP contribution in [-0.2, 0) is 6.54 Å². The van der Waals surface area contributed by atoms with Crippen LogP contribution in [0.5, 0.6) is 5.75 Å². The van der Waals surface area contributed by atoms with E-state index in [1.54, 1.807) is 25.4 Å². The van der Waals surface area contributed by atoms with Crippen molar-refractivity contribution in [2.75, 3.05) is 25.1 Å². The molecule has 1 N–H and O–H groups in total. The Balaban J connectivity index is 1.65. The van der Waals surface area contributed by atoms with E-state index in [-0.39, 0.29) is 5.91 Å². The lowest BCUT2D eigenvalue weighted by Crippen LogP contribution is -2.24. The number of hydrogen-bond donors (Lipinski definition) is 1. The standard InChI is InChI=1S/C18H20ClN3O2/c1-24-16-6-4-5-15(19)14(16)12-21-18(23)13-7-8-17(20-11-13)22-9-2-3-10-22/h4-8,11H,2-3,9-10,12H2,1H3,(H,21,23). The summed E-state index contributed by atoms with van der Waals surface area (Å²) in [7, 11) is 1.58. The van der Waals surface area contributed by atoms with Gasteiger partial charge in [0.2, 0.25) is 0 Å². The molecule has 1 aliphatic rings. The zero-order valence-corrected chi connectivity index (χ0v) is 14.3. The first-order chi connectivity index (χ1) is 11.7. The molecular formula is C18H20ClN3O2. The summed E-state index contributed by atoms with van der Waals surface area (Å²) in [6.07, 6.45) is 4.01. The van der Waals surface area contributed by atoms with Crippen LogP contribution in [0.15, 0.2) is 36.5 Å². The van der Waals surface area contributed by atoms with Gasteiger partial charge in [0.15, 0.2) is 0 Å². The van der Waals surface area contributed by atoms with E-state index in [1.807, 2.05) is 18.2 Å². The van der Waals surface area contributed by atoms with E-state index < -0.39 is 0 Å². The first kappa shape index (κ1) is 16.6. The largest absolute Gasteiger partial charge is 0.496 e. The van der Waals surface area contributed by atoms with E-state index in [9.17, 15) is 4.79 Å². The van der Waals surface area contributed by atoms with Crippen LogP contribution in [0.25, 0.3) is 0 Å². The number of ether oxygens (including phenoxy) is 1. The maximum Gasteiger partial charge on any atom is 0.253 e. The van der Waals surface area contributed by atoms with Crippen molar-refractivity contribution in [2.45, 2.75) is 19.4 Å².